The summed E-state index contributed by atoms with van der Waals surface area (Å²) in [5.74, 6) is 2.87. The minimum atomic E-state index is 0.619. The zero-order valence-electron chi connectivity index (χ0n) is 19.9. The highest BCUT2D eigenvalue weighted by Gasteiger charge is 2.08. The highest BCUT2D eigenvalue weighted by Crippen LogP contribution is 2.31. The van der Waals surface area contributed by atoms with Crippen LogP contribution in [0.5, 0.6) is 23.0 Å². The van der Waals surface area contributed by atoms with Crippen LogP contribution in [0.25, 0.3) is 0 Å². The fourth-order valence-corrected chi connectivity index (χ4v) is 4.11. The first-order valence-corrected chi connectivity index (χ1v) is 11.9. The van der Waals surface area contributed by atoms with E-state index >= 15 is 0 Å². The lowest BCUT2D eigenvalue weighted by molar-refractivity contribution is 0.484. The van der Waals surface area contributed by atoms with Crippen molar-refractivity contribution >= 4 is 11.4 Å². The SMILES string of the molecule is Nc1ccc(Cc2cccc(Cc3ccc(N)c(Oc4ccccc4)c3)c2)cc1Oc1ccccc1. The Labute approximate surface area is 211 Å². The number of nitrogen functional groups attached to an aromatic ring is 2. The summed E-state index contributed by atoms with van der Waals surface area (Å²) in [7, 11) is 0. The van der Waals surface area contributed by atoms with Crippen molar-refractivity contribution < 1.29 is 9.47 Å². The lowest BCUT2D eigenvalue weighted by atomic mass is 9.98. The van der Waals surface area contributed by atoms with Crippen molar-refractivity contribution in [2.45, 2.75) is 12.8 Å². The van der Waals surface area contributed by atoms with Crippen LogP contribution in [0.3, 0.4) is 0 Å². The normalized spacial score (nSPS) is 10.7. The van der Waals surface area contributed by atoms with Gasteiger partial charge in [0.05, 0.1) is 11.4 Å². The standard InChI is InChI=1S/C32H28N2O2/c33-29-16-14-25(21-31(29)35-27-10-3-1-4-11-27)19-23-8-7-9-24(18-23)20-26-15-17-30(34)32(22-26)36-28-12-5-2-6-13-28/h1-18,21-22H,19-20,33-34H2. The first-order valence-electron chi connectivity index (χ1n) is 11.9. The fraction of sp³-hybridized carbons (Fsp3) is 0.0625. The maximum Gasteiger partial charge on any atom is 0.150 e. The van der Waals surface area contributed by atoms with Gasteiger partial charge >= 0.3 is 0 Å². The molecule has 36 heavy (non-hydrogen) atoms. The first kappa shape index (κ1) is 23.1. The van der Waals surface area contributed by atoms with Gasteiger partial charge in [-0.25, -0.2) is 0 Å². The van der Waals surface area contributed by atoms with E-state index in [0.29, 0.717) is 22.9 Å². The summed E-state index contributed by atoms with van der Waals surface area (Å²) in [5, 5.41) is 0. The smallest absolute Gasteiger partial charge is 0.150 e. The van der Waals surface area contributed by atoms with E-state index in [-0.39, 0.29) is 0 Å². The molecular weight excluding hydrogens is 444 g/mol. The first-order chi connectivity index (χ1) is 17.6. The van der Waals surface area contributed by atoms with E-state index in [2.05, 4.69) is 24.3 Å². The molecule has 0 aliphatic carbocycles. The Morgan fingerprint density at radius 3 is 1.28 bits per heavy atom. The van der Waals surface area contributed by atoms with Gasteiger partial charge in [0, 0.05) is 0 Å². The minimum absolute atomic E-state index is 0.619. The van der Waals surface area contributed by atoms with Crippen LogP contribution in [0.4, 0.5) is 11.4 Å². The third kappa shape index (κ3) is 5.86. The van der Waals surface area contributed by atoms with Crippen molar-refractivity contribution in [3.63, 3.8) is 0 Å². The van der Waals surface area contributed by atoms with Crippen molar-refractivity contribution in [1.82, 2.24) is 0 Å². The summed E-state index contributed by atoms with van der Waals surface area (Å²) in [4.78, 5) is 0. The van der Waals surface area contributed by atoms with Crippen molar-refractivity contribution in [3.8, 4) is 23.0 Å². The van der Waals surface area contributed by atoms with Crippen LogP contribution in [0.1, 0.15) is 22.3 Å². The van der Waals surface area contributed by atoms with Crippen LogP contribution in [-0.2, 0) is 12.8 Å². The average molecular weight is 473 g/mol. The predicted molar refractivity (Wildman–Crippen MR) is 147 cm³/mol. The number of hydrogen-bond donors (Lipinski definition) is 2. The summed E-state index contributed by atoms with van der Waals surface area (Å²) in [6.07, 6.45) is 1.56. The molecule has 0 fully saturated rings. The van der Waals surface area contributed by atoms with Crippen molar-refractivity contribution in [2.24, 2.45) is 0 Å². The topological polar surface area (TPSA) is 70.5 Å². The monoisotopic (exact) mass is 472 g/mol. The second-order valence-corrected chi connectivity index (χ2v) is 8.75. The molecule has 0 amide bonds. The highest BCUT2D eigenvalue weighted by molar-refractivity contribution is 5.57. The average Bonchev–Trinajstić information content (AvgIpc) is 2.89. The molecule has 4 N–H and O–H groups in total. The maximum absolute atomic E-state index is 6.17. The molecule has 0 aromatic heterocycles. The number of para-hydroxylation sites is 2. The minimum Gasteiger partial charge on any atom is -0.455 e. The van der Waals surface area contributed by atoms with Crippen molar-refractivity contribution in [2.75, 3.05) is 11.5 Å². The Bertz CT molecular complexity index is 1340. The summed E-state index contributed by atoms with van der Waals surface area (Å²) in [5.41, 5.74) is 18.3. The van der Waals surface area contributed by atoms with Gasteiger partial charge in [-0.2, -0.15) is 0 Å². The molecule has 0 aliphatic heterocycles. The molecule has 0 atom stereocenters. The van der Waals surface area contributed by atoms with Crippen LogP contribution in [0, 0.1) is 0 Å². The van der Waals surface area contributed by atoms with E-state index in [1.165, 1.54) is 11.1 Å². The summed E-state index contributed by atoms with van der Waals surface area (Å²) < 4.78 is 12.0. The van der Waals surface area contributed by atoms with Crippen LogP contribution in [-0.4, -0.2) is 0 Å². The second kappa shape index (κ2) is 10.7. The van der Waals surface area contributed by atoms with Crippen LogP contribution < -0.4 is 20.9 Å². The van der Waals surface area contributed by atoms with Crippen molar-refractivity contribution in [1.29, 1.82) is 0 Å². The summed E-state index contributed by atoms with van der Waals surface area (Å²) in [6.45, 7) is 0. The maximum atomic E-state index is 6.17. The zero-order valence-corrected chi connectivity index (χ0v) is 19.9. The Morgan fingerprint density at radius 1 is 0.417 bits per heavy atom. The van der Waals surface area contributed by atoms with E-state index in [1.54, 1.807) is 0 Å². The third-order valence-electron chi connectivity index (χ3n) is 5.91. The van der Waals surface area contributed by atoms with E-state index in [1.807, 2.05) is 97.1 Å². The molecule has 4 nitrogen and oxygen atoms in total. The van der Waals surface area contributed by atoms with E-state index in [4.69, 9.17) is 20.9 Å². The Morgan fingerprint density at radius 2 is 0.833 bits per heavy atom. The third-order valence-corrected chi connectivity index (χ3v) is 5.91. The number of nitrogens with two attached hydrogens (primary N) is 2. The number of ether oxygens (including phenoxy) is 2. The molecule has 5 aromatic rings. The van der Waals surface area contributed by atoms with Gasteiger partial charge < -0.3 is 20.9 Å². The van der Waals surface area contributed by atoms with Gasteiger partial charge in [0.2, 0.25) is 0 Å². The number of anilines is 2. The lowest BCUT2D eigenvalue weighted by Gasteiger charge is -2.12. The van der Waals surface area contributed by atoms with E-state index < -0.39 is 0 Å². The molecular formula is C32H28N2O2. The molecule has 4 heteroatoms. The fourth-order valence-electron chi connectivity index (χ4n) is 4.11. The lowest BCUT2D eigenvalue weighted by Crippen LogP contribution is -1.97. The summed E-state index contributed by atoms with van der Waals surface area (Å²) >= 11 is 0. The zero-order chi connectivity index (χ0) is 24.7. The molecule has 0 bridgehead atoms. The summed E-state index contributed by atoms with van der Waals surface area (Å²) in [6, 6.07) is 39.9. The Balaban J connectivity index is 1.30. The van der Waals surface area contributed by atoms with Gasteiger partial charge in [0.1, 0.15) is 11.5 Å². The molecule has 0 unspecified atom stereocenters. The molecule has 0 saturated carbocycles. The number of benzene rings is 5. The highest BCUT2D eigenvalue weighted by atomic mass is 16.5. The molecule has 0 saturated heterocycles. The van der Waals surface area contributed by atoms with Gasteiger partial charge in [0.25, 0.3) is 0 Å². The molecule has 0 heterocycles. The number of rotatable bonds is 8. The van der Waals surface area contributed by atoms with E-state index in [0.717, 1.165) is 35.5 Å². The molecule has 0 aliphatic rings. The largest absolute Gasteiger partial charge is 0.455 e. The van der Waals surface area contributed by atoms with Crippen LogP contribution in [0.15, 0.2) is 121 Å². The van der Waals surface area contributed by atoms with E-state index in [9.17, 15) is 0 Å². The quantitative estimate of drug-likeness (QED) is 0.228. The van der Waals surface area contributed by atoms with Gasteiger partial charge in [-0.05, 0) is 83.6 Å². The molecule has 5 aromatic carbocycles. The van der Waals surface area contributed by atoms with Gasteiger partial charge in [-0.3, -0.25) is 0 Å². The van der Waals surface area contributed by atoms with Gasteiger partial charge in [-0.15, -0.1) is 0 Å². The molecule has 0 radical (unpaired) electrons. The second-order valence-electron chi connectivity index (χ2n) is 8.75. The number of hydrogen-bond acceptors (Lipinski definition) is 4. The van der Waals surface area contributed by atoms with Crippen LogP contribution in [0.2, 0.25) is 0 Å². The van der Waals surface area contributed by atoms with Gasteiger partial charge in [0.15, 0.2) is 11.5 Å². The molecule has 178 valence electrons. The molecule has 0 spiro atoms. The predicted octanol–water partition coefficient (Wildman–Crippen LogP) is 7.62. The van der Waals surface area contributed by atoms with Crippen LogP contribution >= 0.6 is 0 Å². The van der Waals surface area contributed by atoms with Crippen molar-refractivity contribution in [3.05, 3.63) is 144 Å². The Kier molecular flexibility index (Phi) is 6.86. The molecule has 5 rings (SSSR count). The Hall–Kier alpha value is -4.70. The van der Waals surface area contributed by atoms with Gasteiger partial charge in [-0.1, -0.05) is 72.8 Å².